The molecule has 0 saturated heterocycles. The Labute approximate surface area is 119 Å². The molecule has 0 unspecified atom stereocenters. The van der Waals surface area contributed by atoms with E-state index < -0.39 is 0 Å². The van der Waals surface area contributed by atoms with Gasteiger partial charge in [-0.3, -0.25) is 0 Å². The predicted octanol–water partition coefficient (Wildman–Crippen LogP) is 4.10. The van der Waals surface area contributed by atoms with Gasteiger partial charge in [0.1, 0.15) is 12.5 Å². The Morgan fingerprint density at radius 1 is 1.05 bits per heavy atom. The molecule has 1 aliphatic heterocycles. The van der Waals surface area contributed by atoms with E-state index in [0.29, 0.717) is 0 Å². The summed E-state index contributed by atoms with van der Waals surface area (Å²) in [7, 11) is 0. The number of hydrogen-bond acceptors (Lipinski definition) is 2. The summed E-state index contributed by atoms with van der Waals surface area (Å²) in [5.41, 5.74) is 2.16. The maximum absolute atomic E-state index is 5.21. The number of hydrogen-bond donors (Lipinski definition) is 0. The van der Waals surface area contributed by atoms with E-state index in [9.17, 15) is 0 Å². The number of ether oxygens (including phenoxy) is 2. The van der Waals surface area contributed by atoms with Crippen LogP contribution < -0.4 is 0 Å². The molecule has 19 heavy (non-hydrogen) atoms. The second-order valence-electron chi connectivity index (χ2n) is 4.03. The first-order valence-corrected chi connectivity index (χ1v) is 6.70. The third-order valence-electron chi connectivity index (χ3n) is 2.80. The molecule has 3 rings (SSSR count). The summed E-state index contributed by atoms with van der Waals surface area (Å²) in [5.74, 6) is 0. The number of rotatable bonds is 3. The highest BCUT2D eigenvalue weighted by atomic mass is 79.9. The van der Waals surface area contributed by atoms with Gasteiger partial charge in [-0.15, -0.1) is 0 Å². The normalized spacial score (nSPS) is 14.8. The smallest absolute Gasteiger partial charge is 0.259 e. The van der Waals surface area contributed by atoms with Gasteiger partial charge >= 0.3 is 0 Å². The van der Waals surface area contributed by atoms with E-state index in [2.05, 4.69) is 26.6 Å². The van der Waals surface area contributed by atoms with Gasteiger partial charge in [0.05, 0.1) is 5.69 Å². The molecule has 4 heteroatoms. The fraction of sp³-hybridized carbons (Fsp3) is 0.0667. The average Bonchev–Trinajstić information content (AvgIpc) is 3.08. The number of halogens is 1. The molecular weight excluding hydrogens is 306 g/mol. The van der Waals surface area contributed by atoms with Gasteiger partial charge in [0.15, 0.2) is 0 Å². The zero-order valence-corrected chi connectivity index (χ0v) is 11.7. The van der Waals surface area contributed by atoms with Gasteiger partial charge in [0.2, 0.25) is 0 Å². The minimum atomic E-state index is -0.331. The molecule has 1 aromatic heterocycles. The van der Waals surface area contributed by atoms with Crippen molar-refractivity contribution in [3.63, 3.8) is 0 Å². The molecule has 0 spiro atoms. The van der Waals surface area contributed by atoms with Gasteiger partial charge in [0.25, 0.3) is 6.29 Å². The van der Waals surface area contributed by atoms with Crippen LogP contribution >= 0.6 is 15.9 Å². The monoisotopic (exact) mass is 317 g/mol. The van der Waals surface area contributed by atoms with Gasteiger partial charge in [-0.05, 0) is 52.3 Å². The molecule has 1 aliphatic rings. The van der Waals surface area contributed by atoms with Crippen LogP contribution in [0, 0.1) is 0 Å². The maximum Gasteiger partial charge on any atom is 0.259 e. The lowest BCUT2D eigenvalue weighted by Gasteiger charge is -2.09. The van der Waals surface area contributed by atoms with Crippen molar-refractivity contribution in [3.8, 4) is 5.69 Å². The van der Waals surface area contributed by atoms with E-state index in [1.54, 1.807) is 12.5 Å². The minimum Gasteiger partial charge on any atom is -0.456 e. The molecule has 0 amide bonds. The molecule has 0 saturated carbocycles. The van der Waals surface area contributed by atoms with Crippen LogP contribution in [-0.4, -0.2) is 10.9 Å². The van der Waals surface area contributed by atoms with Crippen LogP contribution in [0.15, 0.2) is 65.7 Å². The van der Waals surface area contributed by atoms with E-state index in [0.717, 1.165) is 15.9 Å². The zero-order valence-electron chi connectivity index (χ0n) is 10.1. The van der Waals surface area contributed by atoms with Crippen molar-refractivity contribution >= 4 is 22.0 Å². The van der Waals surface area contributed by atoms with Crippen LogP contribution in [0.2, 0.25) is 0 Å². The van der Waals surface area contributed by atoms with E-state index in [-0.39, 0.29) is 6.29 Å². The van der Waals surface area contributed by atoms with Crippen LogP contribution in [0.3, 0.4) is 0 Å². The quantitative estimate of drug-likeness (QED) is 0.851. The van der Waals surface area contributed by atoms with Crippen LogP contribution in [0.1, 0.15) is 5.69 Å². The molecule has 1 aromatic carbocycles. The van der Waals surface area contributed by atoms with Crippen LogP contribution in [0.25, 0.3) is 11.8 Å². The van der Waals surface area contributed by atoms with Gasteiger partial charge in [-0.25, -0.2) is 0 Å². The molecule has 2 heterocycles. The van der Waals surface area contributed by atoms with Gasteiger partial charge < -0.3 is 14.0 Å². The predicted molar refractivity (Wildman–Crippen MR) is 77.6 cm³/mol. The molecular formula is C15H12BrNO2. The Kier molecular flexibility index (Phi) is 3.42. The Hall–Kier alpha value is -1.94. The molecule has 0 fully saturated rings. The molecule has 0 radical (unpaired) electrons. The number of para-hydroxylation sites is 1. The molecule has 3 nitrogen and oxygen atoms in total. The fourth-order valence-electron chi connectivity index (χ4n) is 1.92. The van der Waals surface area contributed by atoms with E-state index in [4.69, 9.17) is 9.47 Å². The third-order valence-corrected chi connectivity index (χ3v) is 3.47. The summed E-state index contributed by atoms with van der Waals surface area (Å²) in [6.07, 6.45) is 8.64. The summed E-state index contributed by atoms with van der Waals surface area (Å²) < 4.78 is 13.6. The fourth-order valence-corrected chi connectivity index (χ4v) is 2.39. The van der Waals surface area contributed by atoms with Crippen molar-refractivity contribution in [2.75, 3.05) is 0 Å². The van der Waals surface area contributed by atoms with Crippen molar-refractivity contribution < 1.29 is 9.47 Å². The van der Waals surface area contributed by atoms with Crippen molar-refractivity contribution in [1.29, 1.82) is 0 Å². The second-order valence-corrected chi connectivity index (χ2v) is 4.88. The van der Waals surface area contributed by atoms with E-state index >= 15 is 0 Å². The molecule has 0 N–H and O–H groups in total. The topological polar surface area (TPSA) is 23.4 Å². The van der Waals surface area contributed by atoms with Crippen molar-refractivity contribution in [2.45, 2.75) is 6.29 Å². The number of nitrogens with zero attached hydrogens (tertiary/aromatic N) is 1. The summed E-state index contributed by atoms with van der Waals surface area (Å²) in [6, 6.07) is 12.1. The first-order valence-electron chi connectivity index (χ1n) is 5.91. The van der Waals surface area contributed by atoms with Crippen molar-refractivity contribution in [3.05, 3.63) is 71.4 Å². The largest absolute Gasteiger partial charge is 0.456 e. The molecule has 0 bridgehead atoms. The lowest BCUT2D eigenvalue weighted by atomic mass is 10.3. The Balaban J connectivity index is 1.88. The highest BCUT2D eigenvalue weighted by Gasteiger charge is 2.08. The average molecular weight is 318 g/mol. The summed E-state index contributed by atoms with van der Waals surface area (Å²) in [4.78, 5) is 0. The molecule has 2 aromatic rings. The van der Waals surface area contributed by atoms with Crippen LogP contribution in [0.4, 0.5) is 0 Å². The van der Waals surface area contributed by atoms with E-state index in [1.807, 2.05) is 48.7 Å². The van der Waals surface area contributed by atoms with Crippen LogP contribution in [0.5, 0.6) is 0 Å². The number of benzene rings is 1. The first-order chi connectivity index (χ1) is 9.34. The molecule has 96 valence electrons. The molecule has 0 atom stereocenters. The van der Waals surface area contributed by atoms with E-state index in [1.165, 1.54) is 0 Å². The Morgan fingerprint density at radius 2 is 1.84 bits per heavy atom. The Morgan fingerprint density at radius 3 is 2.63 bits per heavy atom. The standard InChI is InChI=1S/C15H12BrNO2/c16-13-5-1-2-6-14(13)17-9-3-4-12(17)7-8-15-18-10-11-19-15/h1-11,15H. The maximum atomic E-state index is 5.21. The van der Waals surface area contributed by atoms with Gasteiger partial charge in [0, 0.05) is 16.4 Å². The van der Waals surface area contributed by atoms with Crippen molar-refractivity contribution in [1.82, 2.24) is 4.57 Å². The van der Waals surface area contributed by atoms with Gasteiger partial charge in [-0.2, -0.15) is 0 Å². The SMILES string of the molecule is Brc1ccccc1-n1cccc1C=CC1OC=CO1. The van der Waals surface area contributed by atoms with Crippen molar-refractivity contribution in [2.24, 2.45) is 0 Å². The van der Waals surface area contributed by atoms with Crippen LogP contribution in [-0.2, 0) is 9.47 Å². The lowest BCUT2D eigenvalue weighted by Crippen LogP contribution is -2.02. The summed E-state index contributed by atoms with van der Waals surface area (Å²) in [6.45, 7) is 0. The Bertz CT molecular complexity index is 623. The number of aromatic nitrogens is 1. The second kappa shape index (κ2) is 5.36. The zero-order chi connectivity index (χ0) is 13.1. The molecule has 0 aliphatic carbocycles. The minimum absolute atomic E-state index is 0.331. The summed E-state index contributed by atoms with van der Waals surface area (Å²) in [5, 5.41) is 0. The third kappa shape index (κ3) is 2.58. The lowest BCUT2D eigenvalue weighted by molar-refractivity contribution is 0.0198. The summed E-state index contributed by atoms with van der Waals surface area (Å²) >= 11 is 3.56. The highest BCUT2D eigenvalue weighted by Crippen LogP contribution is 2.23. The van der Waals surface area contributed by atoms with Gasteiger partial charge in [-0.1, -0.05) is 12.1 Å². The first kappa shape index (κ1) is 12.1. The highest BCUT2D eigenvalue weighted by molar-refractivity contribution is 9.10.